The predicted octanol–water partition coefficient (Wildman–Crippen LogP) is 7.54. The molecule has 0 radical (unpaired) electrons. The van der Waals surface area contributed by atoms with Gasteiger partial charge in [-0.05, 0) is 73.2 Å². The molecule has 0 spiro atoms. The lowest BCUT2D eigenvalue weighted by atomic mass is 9.94. The van der Waals surface area contributed by atoms with Crippen molar-refractivity contribution < 1.29 is 0 Å². The van der Waals surface area contributed by atoms with E-state index in [0.29, 0.717) is 0 Å². The van der Waals surface area contributed by atoms with Gasteiger partial charge in [-0.1, -0.05) is 55.5 Å². The summed E-state index contributed by atoms with van der Waals surface area (Å²) in [5.41, 5.74) is 11.9. The number of benzene rings is 2. The number of nitrogens with zero attached hydrogens (tertiary/aromatic N) is 1. The van der Waals surface area contributed by atoms with Crippen molar-refractivity contribution in [2.24, 2.45) is 4.99 Å². The Kier molecular flexibility index (Phi) is 5.08. The zero-order chi connectivity index (χ0) is 18.8. The molecule has 1 aliphatic heterocycles. The van der Waals surface area contributed by atoms with Crippen molar-refractivity contribution in [3.63, 3.8) is 0 Å². The Morgan fingerprint density at radius 2 is 1.73 bits per heavy atom. The van der Waals surface area contributed by atoms with Gasteiger partial charge in [0.15, 0.2) is 0 Å². The van der Waals surface area contributed by atoms with Crippen LogP contribution in [0.5, 0.6) is 0 Å². The molecule has 0 aromatic heterocycles. The zero-order valence-electron chi connectivity index (χ0n) is 16.3. The van der Waals surface area contributed by atoms with Gasteiger partial charge in [0.1, 0.15) is 0 Å². The van der Waals surface area contributed by atoms with E-state index in [0.717, 1.165) is 29.7 Å². The maximum Gasteiger partial charge on any atom is 0.0707 e. The van der Waals surface area contributed by atoms with E-state index in [-0.39, 0.29) is 0 Å². The Bertz CT molecular complexity index is 937. The molecule has 0 atom stereocenters. The van der Waals surface area contributed by atoms with Crippen LogP contribution in [0.2, 0.25) is 0 Å². The minimum absolute atomic E-state index is 0.891. The van der Waals surface area contributed by atoms with Gasteiger partial charge in [0.05, 0.1) is 5.69 Å². The fourth-order valence-electron chi connectivity index (χ4n) is 3.32. The van der Waals surface area contributed by atoms with Gasteiger partial charge in [0, 0.05) is 17.7 Å². The lowest BCUT2D eigenvalue weighted by Gasteiger charge is -2.11. The van der Waals surface area contributed by atoms with Crippen molar-refractivity contribution in [1.29, 1.82) is 0 Å². The fourth-order valence-corrected chi connectivity index (χ4v) is 3.32. The molecule has 0 amide bonds. The average molecular weight is 341 g/mol. The van der Waals surface area contributed by atoms with Crippen LogP contribution >= 0.6 is 0 Å². The van der Waals surface area contributed by atoms with E-state index in [4.69, 9.17) is 4.99 Å². The molecule has 1 aliphatic rings. The van der Waals surface area contributed by atoms with Gasteiger partial charge in [0.2, 0.25) is 0 Å². The van der Waals surface area contributed by atoms with E-state index < -0.39 is 0 Å². The van der Waals surface area contributed by atoms with Crippen LogP contribution in [0.4, 0.5) is 5.69 Å². The van der Waals surface area contributed by atoms with E-state index in [2.05, 4.69) is 76.4 Å². The van der Waals surface area contributed by atoms with Gasteiger partial charge in [0.25, 0.3) is 0 Å². The van der Waals surface area contributed by atoms with Gasteiger partial charge < -0.3 is 0 Å². The van der Waals surface area contributed by atoms with Crippen LogP contribution in [-0.2, 0) is 0 Å². The number of aliphatic imine (C=N–C) groups is 1. The summed E-state index contributed by atoms with van der Waals surface area (Å²) in [5.74, 6) is 0. The highest BCUT2D eigenvalue weighted by atomic mass is 14.8. The third-order valence-electron chi connectivity index (χ3n) is 5.02. The van der Waals surface area contributed by atoms with Crippen LogP contribution in [-0.4, -0.2) is 5.71 Å². The molecule has 0 saturated carbocycles. The Morgan fingerprint density at radius 1 is 1.04 bits per heavy atom. The molecule has 132 valence electrons. The zero-order valence-corrected chi connectivity index (χ0v) is 16.3. The average Bonchev–Trinajstić information content (AvgIpc) is 2.80. The second-order valence-corrected chi connectivity index (χ2v) is 7.24. The van der Waals surface area contributed by atoms with Crippen LogP contribution < -0.4 is 0 Å². The molecule has 0 bridgehead atoms. The number of fused-ring (bicyclic) bond motifs is 1. The molecular weight excluding hydrogens is 314 g/mol. The molecule has 0 N–H and O–H groups in total. The molecule has 1 heteroatoms. The van der Waals surface area contributed by atoms with Crippen molar-refractivity contribution in [3.05, 3.63) is 77.4 Å². The smallest absolute Gasteiger partial charge is 0.0707 e. The maximum atomic E-state index is 4.97. The highest BCUT2D eigenvalue weighted by molar-refractivity contribution is 5.94. The Labute approximate surface area is 157 Å². The standard InChI is InChI=1S/C25H27N/c1-7-23-14-21(17(4)5)13-22-12-18(6)24(15-25(22)26-23)20-10-8-19(9-11-20)16(2)3/h8-13,15H,2,4,7,14H2,1,3,5-6H3. The molecule has 1 nitrogen and oxygen atoms in total. The third-order valence-corrected chi connectivity index (χ3v) is 5.02. The van der Waals surface area contributed by atoms with Gasteiger partial charge >= 0.3 is 0 Å². The van der Waals surface area contributed by atoms with E-state index in [1.54, 1.807) is 0 Å². The van der Waals surface area contributed by atoms with E-state index >= 15 is 0 Å². The Balaban J connectivity index is 2.13. The van der Waals surface area contributed by atoms with Crippen LogP contribution in [0, 0.1) is 6.92 Å². The highest BCUT2D eigenvalue weighted by Crippen LogP contribution is 2.36. The number of aryl methyl sites for hydroxylation is 1. The number of hydrogen-bond donors (Lipinski definition) is 0. The van der Waals surface area contributed by atoms with E-state index in [9.17, 15) is 0 Å². The molecular formula is C25H27N. The first-order chi connectivity index (χ1) is 12.4. The van der Waals surface area contributed by atoms with Crippen molar-refractivity contribution >= 4 is 23.0 Å². The molecule has 0 aliphatic carbocycles. The normalized spacial score (nSPS) is 13.4. The fraction of sp³-hybridized carbons (Fsp3) is 0.240. The summed E-state index contributed by atoms with van der Waals surface area (Å²) in [5, 5.41) is 0. The summed E-state index contributed by atoms with van der Waals surface area (Å²) in [7, 11) is 0. The quantitative estimate of drug-likeness (QED) is 0.544. The second kappa shape index (κ2) is 7.29. The first-order valence-electron chi connectivity index (χ1n) is 9.23. The topological polar surface area (TPSA) is 12.4 Å². The molecule has 0 unspecified atom stereocenters. The third kappa shape index (κ3) is 3.62. The Morgan fingerprint density at radius 3 is 2.31 bits per heavy atom. The van der Waals surface area contributed by atoms with Gasteiger partial charge in [-0.2, -0.15) is 0 Å². The predicted molar refractivity (Wildman–Crippen MR) is 116 cm³/mol. The second-order valence-electron chi connectivity index (χ2n) is 7.24. The van der Waals surface area contributed by atoms with Gasteiger partial charge in [-0.3, -0.25) is 4.99 Å². The Hall–Kier alpha value is -2.67. The largest absolute Gasteiger partial charge is 0.257 e. The minimum atomic E-state index is 0.891. The lowest BCUT2D eigenvalue weighted by Crippen LogP contribution is -1.97. The van der Waals surface area contributed by atoms with Crippen molar-refractivity contribution in [2.75, 3.05) is 0 Å². The van der Waals surface area contributed by atoms with Crippen molar-refractivity contribution in [1.82, 2.24) is 0 Å². The maximum absolute atomic E-state index is 4.97. The summed E-state index contributed by atoms with van der Waals surface area (Å²) < 4.78 is 0. The van der Waals surface area contributed by atoms with E-state index in [1.807, 2.05) is 6.92 Å². The van der Waals surface area contributed by atoms with Crippen LogP contribution in [0.15, 0.2) is 65.7 Å². The van der Waals surface area contributed by atoms with Gasteiger partial charge in [-0.25, -0.2) is 0 Å². The molecule has 0 fully saturated rings. The summed E-state index contributed by atoms with van der Waals surface area (Å²) in [6.45, 7) is 16.6. The molecule has 2 aromatic carbocycles. The van der Waals surface area contributed by atoms with E-state index in [1.165, 1.54) is 39.1 Å². The number of hydrogen-bond acceptors (Lipinski definition) is 1. The molecule has 0 saturated heterocycles. The monoisotopic (exact) mass is 341 g/mol. The summed E-state index contributed by atoms with van der Waals surface area (Å²) >= 11 is 0. The minimum Gasteiger partial charge on any atom is -0.257 e. The number of allylic oxidation sites excluding steroid dienone is 3. The van der Waals surface area contributed by atoms with Crippen molar-refractivity contribution in [2.45, 2.75) is 40.5 Å². The summed E-state index contributed by atoms with van der Waals surface area (Å²) in [6.07, 6.45) is 4.10. The summed E-state index contributed by atoms with van der Waals surface area (Å²) in [6, 6.07) is 13.1. The lowest BCUT2D eigenvalue weighted by molar-refractivity contribution is 1.17. The summed E-state index contributed by atoms with van der Waals surface area (Å²) in [4.78, 5) is 4.97. The van der Waals surface area contributed by atoms with Crippen LogP contribution in [0.1, 0.15) is 50.3 Å². The molecule has 26 heavy (non-hydrogen) atoms. The molecule has 1 heterocycles. The van der Waals surface area contributed by atoms with Crippen LogP contribution in [0.3, 0.4) is 0 Å². The molecule has 2 aromatic rings. The van der Waals surface area contributed by atoms with Crippen LogP contribution in [0.25, 0.3) is 22.8 Å². The first kappa shape index (κ1) is 18.1. The molecule has 3 rings (SSSR count). The first-order valence-corrected chi connectivity index (χ1v) is 9.23. The van der Waals surface area contributed by atoms with Crippen molar-refractivity contribution in [3.8, 4) is 11.1 Å². The highest BCUT2D eigenvalue weighted by Gasteiger charge is 2.14. The van der Waals surface area contributed by atoms with Gasteiger partial charge in [-0.15, -0.1) is 0 Å². The SMILES string of the molecule is C=C(C)C1=Cc2cc(C)c(-c3ccc(C(=C)C)cc3)cc2N=C(CC)C1. The number of rotatable bonds is 4.